The van der Waals surface area contributed by atoms with Crippen LogP contribution < -0.4 is 16.1 Å². The highest BCUT2D eigenvalue weighted by Gasteiger charge is 2.24. The van der Waals surface area contributed by atoms with Crippen LogP contribution in [0.15, 0.2) is 30.3 Å². The van der Waals surface area contributed by atoms with Crippen LogP contribution in [0.2, 0.25) is 0 Å². The summed E-state index contributed by atoms with van der Waals surface area (Å²) in [5.74, 6) is 2.28. The molecule has 1 saturated carbocycles. The van der Waals surface area contributed by atoms with Gasteiger partial charge in [-0.15, -0.1) is 0 Å². The Morgan fingerprint density at radius 2 is 2.00 bits per heavy atom. The topological polar surface area (TPSA) is 84.6 Å². The molecule has 1 aromatic rings. The van der Waals surface area contributed by atoms with Crippen LogP contribution in [-0.2, 0) is 4.79 Å². The number of hydrogen-bond acceptors (Lipinski definition) is 5. The summed E-state index contributed by atoms with van der Waals surface area (Å²) in [5, 5.41) is 9.97. The Hall–Kier alpha value is -1.24. The molecule has 5 nitrogen and oxygen atoms in total. The minimum atomic E-state index is -1.27. The molecular weight excluding hydrogens is 312 g/mol. The Bertz CT molecular complexity index is 466. The summed E-state index contributed by atoms with van der Waals surface area (Å²) < 4.78 is 0. The molecule has 2 rings (SSSR count). The van der Waals surface area contributed by atoms with E-state index in [1.54, 1.807) is 36.0 Å². The Kier molecular flexibility index (Phi) is 7.71. The van der Waals surface area contributed by atoms with Gasteiger partial charge in [-0.25, -0.2) is 0 Å². The second-order valence-electron chi connectivity index (χ2n) is 6.03. The lowest BCUT2D eigenvalue weighted by atomic mass is 9.91. The monoisotopic (exact) mass is 338 g/mol. The summed E-state index contributed by atoms with van der Waals surface area (Å²) >= 11 is 1.72. The van der Waals surface area contributed by atoms with Crippen molar-refractivity contribution in [1.82, 2.24) is 5.48 Å². The van der Waals surface area contributed by atoms with Crippen molar-refractivity contribution in [2.75, 3.05) is 11.5 Å². The van der Waals surface area contributed by atoms with Crippen molar-refractivity contribution < 1.29 is 14.7 Å². The van der Waals surface area contributed by atoms with Gasteiger partial charge in [-0.1, -0.05) is 37.5 Å². The summed E-state index contributed by atoms with van der Waals surface area (Å²) in [6.07, 6.45) is 5.30. The first kappa shape index (κ1) is 18.1. The maximum Gasteiger partial charge on any atom is 0.283 e. The summed E-state index contributed by atoms with van der Waals surface area (Å²) in [5.41, 5.74) is 8.16. The SMILES string of the molecule is N[C@H](CSCC1CCCCC1)C(O)C(=O)NOc1ccccc1. The van der Waals surface area contributed by atoms with Gasteiger partial charge in [0.25, 0.3) is 5.91 Å². The van der Waals surface area contributed by atoms with Crippen LogP contribution in [0.25, 0.3) is 0 Å². The van der Waals surface area contributed by atoms with E-state index in [9.17, 15) is 9.90 Å². The van der Waals surface area contributed by atoms with Gasteiger partial charge in [-0.3, -0.25) is 4.79 Å². The van der Waals surface area contributed by atoms with Crippen LogP contribution in [0.1, 0.15) is 32.1 Å². The molecule has 0 spiro atoms. The molecule has 23 heavy (non-hydrogen) atoms. The number of carbonyl (C=O) groups excluding carboxylic acids is 1. The van der Waals surface area contributed by atoms with Gasteiger partial charge in [0, 0.05) is 11.8 Å². The van der Waals surface area contributed by atoms with Crippen LogP contribution >= 0.6 is 11.8 Å². The van der Waals surface area contributed by atoms with E-state index in [0.29, 0.717) is 11.5 Å². The number of rotatable bonds is 8. The van der Waals surface area contributed by atoms with Gasteiger partial charge in [-0.2, -0.15) is 17.2 Å². The maximum absolute atomic E-state index is 11.8. The molecule has 2 atom stereocenters. The summed E-state index contributed by atoms with van der Waals surface area (Å²) in [4.78, 5) is 17.0. The number of para-hydroxylation sites is 1. The van der Waals surface area contributed by atoms with Gasteiger partial charge >= 0.3 is 0 Å². The van der Waals surface area contributed by atoms with Crippen LogP contribution in [0.5, 0.6) is 5.75 Å². The van der Waals surface area contributed by atoms with E-state index >= 15 is 0 Å². The van der Waals surface area contributed by atoms with Crippen LogP contribution in [-0.4, -0.2) is 34.7 Å². The highest BCUT2D eigenvalue weighted by atomic mass is 32.2. The minimum absolute atomic E-state index is 0.508. The first-order valence-electron chi connectivity index (χ1n) is 8.20. The third-order valence-electron chi connectivity index (χ3n) is 4.08. The molecule has 6 heteroatoms. The molecule has 1 unspecified atom stereocenters. The van der Waals surface area contributed by atoms with Gasteiger partial charge in [0.15, 0.2) is 11.9 Å². The van der Waals surface area contributed by atoms with E-state index in [1.807, 2.05) is 6.07 Å². The van der Waals surface area contributed by atoms with Crippen molar-refractivity contribution in [3.63, 3.8) is 0 Å². The zero-order valence-electron chi connectivity index (χ0n) is 13.3. The van der Waals surface area contributed by atoms with Crippen LogP contribution in [0.4, 0.5) is 0 Å². The number of carbonyl (C=O) groups is 1. The van der Waals surface area contributed by atoms with Gasteiger partial charge < -0.3 is 15.7 Å². The Balaban J connectivity index is 1.64. The molecule has 0 heterocycles. The summed E-state index contributed by atoms with van der Waals surface area (Å²) in [6, 6.07) is 8.28. The number of nitrogens with two attached hydrogens (primary N) is 1. The highest BCUT2D eigenvalue weighted by molar-refractivity contribution is 7.99. The molecule has 0 bridgehead atoms. The van der Waals surface area contributed by atoms with Crippen molar-refractivity contribution >= 4 is 17.7 Å². The fourth-order valence-corrected chi connectivity index (χ4v) is 3.93. The van der Waals surface area contributed by atoms with Crippen molar-refractivity contribution in [2.45, 2.75) is 44.2 Å². The van der Waals surface area contributed by atoms with Gasteiger partial charge in [0.2, 0.25) is 0 Å². The molecule has 1 amide bonds. The van der Waals surface area contributed by atoms with Crippen LogP contribution in [0.3, 0.4) is 0 Å². The molecule has 1 fully saturated rings. The first-order chi connectivity index (χ1) is 11.2. The van der Waals surface area contributed by atoms with Gasteiger partial charge in [0.1, 0.15) is 0 Å². The predicted octanol–water partition coefficient (Wildman–Crippen LogP) is 2.10. The zero-order valence-corrected chi connectivity index (χ0v) is 14.1. The Morgan fingerprint density at radius 3 is 2.70 bits per heavy atom. The quantitative estimate of drug-likeness (QED) is 0.632. The molecule has 4 N–H and O–H groups in total. The number of nitrogens with one attached hydrogen (secondary N) is 1. The van der Waals surface area contributed by atoms with Gasteiger partial charge in [0.05, 0.1) is 0 Å². The third-order valence-corrected chi connectivity index (χ3v) is 5.40. The number of hydroxylamine groups is 1. The fourth-order valence-electron chi connectivity index (χ4n) is 2.67. The van der Waals surface area contributed by atoms with Crippen molar-refractivity contribution in [3.8, 4) is 5.75 Å². The van der Waals surface area contributed by atoms with Gasteiger partial charge in [-0.05, 0) is 36.6 Å². The number of benzene rings is 1. The van der Waals surface area contributed by atoms with E-state index in [1.165, 1.54) is 32.1 Å². The van der Waals surface area contributed by atoms with E-state index in [-0.39, 0.29) is 0 Å². The molecule has 128 valence electrons. The van der Waals surface area contributed by atoms with Crippen LogP contribution in [0, 0.1) is 5.92 Å². The molecule has 0 aromatic heterocycles. The lowest BCUT2D eigenvalue weighted by Gasteiger charge is -2.22. The lowest BCUT2D eigenvalue weighted by Crippen LogP contribution is -2.48. The lowest BCUT2D eigenvalue weighted by molar-refractivity contribution is -0.137. The number of aliphatic hydroxyl groups is 1. The average Bonchev–Trinajstić information content (AvgIpc) is 2.60. The molecule has 1 aliphatic carbocycles. The maximum atomic E-state index is 11.8. The molecule has 1 aromatic carbocycles. The summed E-state index contributed by atoms with van der Waals surface area (Å²) in [6.45, 7) is 0. The number of aliphatic hydroxyl groups excluding tert-OH is 1. The average molecular weight is 338 g/mol. The second kappa shape index (κ2) is 9.80. The van der Waals surface area contributed by atoms with E-state index in [0.717, 1.165) is 11.7 Å². The Labute approximate surface area is 141 Å². The molecule has 0 radical (unpaired) electrons. The predicted molar refractivity (Wildman–Crippen MR) is 93.1 cm³/mol. The second-order valence-corrected chi connectivity index (χ2v) is 7.11. The minimum Gasteiger partial charge on any atom is -0.381 e. The number of thioether (sulfide) groups is 1. The van der Waals surface area contributed by atoms with Crippen molar-refractivity contribution in [1.29, 1.82) is 0 Å². The zero-order chi connectivity index (χ0) is 16.5. The summed E-state index contributed by atoms with van der Waals surface area (Å²) in [7, 11) is 0. The molecule has 0 aliphatic heterocycles. The third kappa shape index (κ3) is 6.41. The van der Waals surface area contributed by atoms with Crippen molar-refractivity contribution in [2.24, 2.45) is 11.7 Å². The smallest absolute Gasteiger partial charge is 0.283 e. The number of hydrogen-bond donors (Lipinski definition) is 3. The highest BCUT2D eigenvalue weighted by Crippen LogP contribution is 2.26. The largest absolute Gasteiger partial charge is 0.381 e. The van der Waals surface area contributed by atoms with E-state index in [4.69, 9.17) is 10.6 Å². The number of amides is 1. The fraction of sp³-hybridized carbons (Fsp3) is 0.588. The molecular formula is C17H26N2O3S. The first-order valence-corrected chi connectivity index (χ1v) is 9.35. The van der Waals surface area contributed by atoms with Crippen molar-refractivity contribution in [3.05, 3.63) is 30.3 Å². The van der Waals surface area contributed by atoms with E-state index < -0.39 is 18.1 Å². The van der Waals surface area contributed by atoms with E-state index in [2.05, 4.69) is 5.48 Å². The molecule has 1 aliphatic rings. The standard InChI is InChI=1S/C17H26N2O3S/c18-15(12-23-11-13-7-3-1-4-8-13)16(20)17(21)19-22-14-9-5-2-6-10-14/h2,5-6,9-10,13,15-16,20H,1,3-4,7-8,11-12,18H2,(H,19,21)/t15-,16?/m1/s1. The normalized spacial score (nSPS) is 18.2. The molecule has 0 saturated heterocycles. The Morgan fingerprint density at radius 1 is 1.30 bits per heavy atom.